The highest BCUT2D eigenvalue weighted by atomic mass is 79.9. The van der Waals surface area contributed by atoms with Crippen LogP contribution >= 0.6 is 15.9 Å². The fourth-order valence-electron chi connectivity index (χ4n) is 2.92. The van der Waals surface area contributed by atoms with E-state index in [4.69, 9.17) is 9.47 Å². The van der Waals surface area contributed by atoms with Crippen LogP contribution in [0.4, 0.5) is 11.5 Å². The zero-order valence-corrected chi connectivity index (χ0v) is 17.0. The molecule has 6 heteroatoms. The largest absolute Gasteiger partial charge is 0.493 e. The number of rotatable bonds is 6. The molecule has 1 heterocycles. The maximum Gasteiger partial charge on any atom is 0.162 e. The van der Waals surface area contributed by atoms with E-state index in [1.807, 2.05) is 12.1 Å². The van der Waals surface area contributed by atoms with Gasteiger partial charge in [0.1, 0.15) is 12.1 Å². The molecule has 0 fully saturated rings. The van der Waals surface area contributed by atoms with Crippen molar-refractivity contribution in [3.63, 3.8) is 0 Å². The van der Waals surface area contributed by atoms with E-state index in [0.29, 0.717) is 11.5 Å². The molecule has 0 aliphatic rings. The van der Waals surface area contributed by atoms with Crippen molar-refractivity contribution >= 4 is 38.3 Å². The highest BCUT2D eigenvalue weighted by Crippen LogP contribution is 2.37. The number of nitrogens with zero attached hydrogens (tertiary/aromatic N) is 3. The van der Waals surface area contributed by atoms with E-state index in [1.54, 1.807) is 20.5 Å². The van der Waals surface area contributed by atoms with Gasteiger partial charge >= 0.3 is 0 Å². The number of fused-ring (bicyclic) bond motifs is 1. The van der Waals surface area contributed by atoms with Crippen molar-refractivity contribution < 1.29 is 9.47 Å². The standard InChI is InChI=1S/C20H22BrN3O2/c1-5-8-24(14-7-6-13(2)16(21)9-14)20-15-10-18(25-3)19(26-4)11-17(15)22-12-23-20/h6-7,9-12H,5,8H2,1-4H3. The zero-order valence-electron chi connectivity index (χ0n) is 15.4. The first-order valence-electron chi connectivity index (χ1n) is 8.49. The Morgan fingerprint density at radius 3 is 2.42 bits per heavy atom. The van der Waals surface area contributed by atoms with Crippen molar-refractivity contribution in [2.75, 3.05) is 25.7 Å². The van der Waals surface area contributed by atoms with E-state index in [-0.39, 0.29) is 0 Å². The third-order valence-electron chi connectivity index (χ3n) is 4.29. The molecule has 1 aromatic heterocycles. The van der Waals surface area contributed by atoms with Gasteiger partial charge in [-0.25, -0.2) is 9.97 Å². The van der Waals surface area contributed by atoms with Gasteiger partial charge in [-0.05, 0) is 37.1 Å². The van der Waals surface area contributed by atoms with E-state index in [1.165, 1.54) is 5.56 Å². The van der Waals surface area contributed by atoms with Crippen LogP contribution in [0.25, 0.3) is 10.9 Å². The maximum atomic E-state index is 5.47. The minimum absolute atomic E-state index is 0.657. The minimum atomic E-state index is 0.657. The van der Waals surface area contributed by atoms with Gasteiger partial charge in [-0.1, -0.05) is 28.9 Å². The lowest BCUT2D eigenvalue weighted by atomic mass is 10.1. The van der Waals surface area contributed by atoms with Gasteiger partial charge in [0.2, 0.25) is 0 Å². The minimum Gasteiger partial charge on any atom is -0.493 e. The summed E-state index contributed by atoms with van der Waals surface area (Å²) >= 11 is 3.63. The highest BCUT2D eigenvalue weighted by Gasteiger charge is 2.17. The summed E-state index contributed by atoms with van der Waals surface area (Å²) in [6.07, 6.45) is 2.58. The topological polar surface area (TPSA) is 47.5 Å². The van der Waals surface area contributed by atoms with Crippen LogP contribution < -0.4 is 14.4 Å². The molecule has 0 unspecified atom stereocenters. The van der Waals surface area contributed by atoms with Crippen LogP contribution in [-0.4, -0.2) is 30.7 Å². The molecule has 0 atom stereocenters. The number of halogens is 1. The molecule has 0 spiro atoms. The van der Waals surface area contributed by atoms with E-state index in [2.05, 4.69) is 62.8 Å². The Balaban J connectivity index is 2.20. The van der Waals surface area contributed by atoms with Gasteiger partial charge in [0, 0.05) is 28.2 Å². The Morgan fingerprint density at radius 1 is 1.04 bits per heavy atom. The molecule has 2 aromatic carbocycles. The lowest BCUT2D eigenvalue weighted by Gasteiger charge is -2.25. The summed E-state index contributed by atoms with van der Waals surface area (Å²) in [5, 5.41) is 0.926. The number of ether oxygens (including phenoxy) is 2. The lowest BCUT2D eigenvalue weighted by Crippen LogP contribution is -2.19. The summed E-state index contributed by atoms with van der Waals surface area (Å²) in [5.74, 6) is 2.18. The molecule has 0 radical (unpaired) electrons. The van der Waals surface area contributed by atoms with Crippen LogP contribution in [0.2, 0.25) is 0 Å². The first kappa shape index (κ1) is 18.5. The summed E-state index contributed by atoms with van der Waals surface area (Å²) in [4.78, 5) is 11.2. The first-order valence-corrected chi connectivity index (χ1v) is 9.28. The summed E-state index contributed by atoms with van der Waals surface area (Å²) in [5.41, 5.74) is 3.10. The van der Waals surface area contributed by atoms with Crippen molar-refractivity contribution in [1.29, 1.82) is 0 Å². The first-order chi connectivity index (χ1) is 12.6. The second-order valence-electron chi connectivity index (χ2n) is 6.01. The number of aryl methyl sites for hydroxylation is 1. The van der Waals surface area contributed by atoms with Crippen molar-refractivity contribution in [3.05, 3.63) is 46.7 Å². The molecular formula is C20H22BrN3O2. The summed E-state index contributed by atoms with van der Waals surface area (Å²) in [6.45, 7) is 5.08. The fourth-order valence-corrected chi connectivity index (χ4v) is 3.28. The van der Waals surface area contributed by atoms with Crippen LogP contribution in [0.3, 0.4) is 0 Å². The van der Waals surface area contributed by atoms with Crippen LogP contribution in [0, 0.1) is 6.92 Å². The van der Waals surface area contributed by atoms with Gasteiger partial charge in [0.15, 0.2) is 11.5 Å². The van der Waals surface area contributed by atoms with Crippen molar-refractivity contribution in [3.8, 4) is 11.5 Å². The molecule has 3 rings (SSSR count). The fraction of sp³-hybridized carbons (Fsp3) is 0.300. The molecule has 0 aliphatic carbocycles. The Kier molecular flexibility index (Phi) is 5.61. The Morgan fingerprint density at radius 2 is 1.77 bits per heavy atom. The average molecular weight is 416 g/mol. The molecule has 0 amide bonds. The SMILES string of the molecule is CCCN(c1ccc(C)c(Br)c1)c1ncnc2cc(OC)c(OC)cc12. The molecule has 26 heavy (non-hydrogen) atoms. The normalized spacial score (nSPS) is 10.8. The molecule has 3 aromatic rings. The highest BCUT2D eigenvalue weighted by molar-refractivity contribution is 9.10. The molecule has 0 saturated carbocycles. The van der Waals surface area contributed by atoms with E-state index >= 15 is 0 Å². The number of hydrogen-bond donors (Lipinski definition) is 0. The zero-order chi connectivity index (χ0) is 18.7. The molecule has 0 N–H and O–H groups in total. The number of hydrogen-bond acceptors (Lipinski definition) is 5. The molecule has 5 nitrogen and oxygen atoms in total. The molecule has 0 saturated heterocycles. The molecule has 0 aliphatic heterocycles. The van der Waals surface area contributed by atoms with Gasteiger partial charge in [-0.15, -0.1) is 0 Å². The van der Waals surface area contributed by atoms with Gasteiger partial charge in [0.25, 0.3) is 0 Å². The molecule has 136 valence electrons. The van der Waals surface area contributed by atoms with Crippen LogP contribution in [0.15, 0.2) is 41.1 Å². The van der Waals surface area contributed by atoms with Gasteiger partial charge < -0.3 is 14.4 Å². The van der Waals surface area contributed by atoms with Crippen LogP contribution in [0.5, 0.6) is 11.5 Å². The second kappa shape index (κ2) is 7.91. The number of methoxy groups -OCH3 is 2. The molecular weight excluding hydrogens is 394 g/mol. The Labute approximate surface area is 162 Å². The summed E-state index contributed by atoms with van der Waals surface area (Å²) in [7, 11) is 3.26. The number of benzene rings is 2. The third kappa shape index (κ3) is 3.46. The molecule has 0 bridgehead atoms. The average Bonchev–Trinajstić information content (AvgIpc) is 2.66. The number of anilines is 2. The lowest BCUT2D eigenvalue weighted by molar-refractivity contribution is 0.356. The summed E-state index contributed by atoms with van der Waals surface area (Å²) < 4.78 is 12.0. The van der Waals surface area contributed by atoms with Crippen LogP contribution in [-0.2, 0) is 0 Å². The second-order valence-corrected chi connectivity index (χ2v) is 6.86. The smallest absolute Gasteiger partial charge is 0.162 e. The Hall–Kier alpha value is -2.34. The Bertz CT molecular complexity index is 930. The predicted octanol–water partition coefficient (Wildman–Crippen LogP) is 5.27. The van der Waals surface area contributed by atoms with E-state index in [0.717, 1.165) is 39.8 Å². The van der Waals surface area contributed by atoms with Crippen molar-refractivity contribution in [1.82, 2.24) is 9.97 Å². The van der Waals surface area contributed by atoms with Crippen molar-refractivity contribution in [2.24, 2.45) is 0 Å². The maximum absolute atomic E-state index is 5.47. The predicted molar refractivity (Wildman–Crippen MR) is 109 cm³/mol. The third-order valence-corrected chi connectivity index (χ3v) is 5.14. The van der Waals surface area contributed by atoms with Gasteiger partial charge in [-0.3, -0.25) is 0 Å². The monoisotopic (exact) mass is 415 g/mol. The van der Waals surface area contributed by atoms with Crippen LogP contribution in [0.1, 0.15) is 18.9 Å². The van der Waals surface area contributed by atoms with E-state index in [9.17, 15) is 0 Å². The van der Waals surface area contributed by atoms with E-state index < -0.39 is 0 Å². The van der Waals surface area contributed by atoms with Gasteiger partial charge in [0.05, 0.1) is 19.7 Å². The quantitative estimate of drug-likeness (QED) is 0.548. The number of aromatic nitrogens is 2. The van der Waals surface area contributed by atoms with Crippen molar-refractivity contribution in [2.45, 2.75) is 20.3 Å². The van der Waals surface area contributed by atoms with Gasteiger partial charge in [-0.2, -0.15) is 0 Å². The summed E-state index contributed by atoms with van der Waals surface area (Å²) in [6, 6.07) is 10.2.